The summed E-state index contributed by atoms with van der Waals surface area (Å²) < 4.78 is 0. The summed E-state index contributed by atoms with van der Waals surface area (Å²) in [5.74, 6) is 0.0932. The molecule has 0 spiro atoms. The molecule has 0 radical (unpaired) electrons. The van der Waals surface area contributed by atoms with Crippen LogP contribution in [-0.2, 0) is 0 Å². The van der Waals surface area contributed by atoms with Crippen LogP contribution in [0.5, 0.6) is 0 Å². The molecule has 0 saturated heterocycles. The first kappa shape index (κ1) is 14.4. The van der Waals surface area contributed by atoms with Crippen LogP contribution in [0.2, 0.25) is 5.02 Å². The highest BCUT2D eigenvalue weighted by Crippen LogP contribution is 2.44. The molecule has 0 bridgehead atoms. The highest BCUT2D eigenvalue weighted by Gasteiger charge is 2.29. The molecule has 0 saturated carbocycles. The number of hydrogen-bond acceptors (Lipinski definition) is 1. The molecule has 4 aromatic carbocycles. The van der Waals surface area contributed by atoms with Crippen LogP contribution in [-0.4, -0.2) is 5.78 Å². The van der Waals surface area contributed by atoms with E-state index in [1.165, 1.54) is 0 Å². The minimum atomic E-state index is 0.0932. The van der Waals surface area contributed by atoms with E-state index in [1.54, 1.807) is 0 Å². The van der Waals surface area contributed by atoms with E-state index in [0.717, 1.165) is 44.2 Å². The van der Waals surface area contributed by atoms with Crippen molar-refractivity contribution in [2.24, 2.45) is 0 Å². The Balaban J connectivity index is 1.94. The quantitative estimate of drug-likeness (QED) is 0.346. The molecule has 25 heavy (non-hydrogen) atoms. The zero-order valence-electron chi connectivity index (χ0n) is 13.3. The van der Waals surface area contributed by atoms with E-state index in [2.05, 4.69) is 18.2 Å². The van der Waals surface area contributed by atoms with Crippen LogP contribution < -0.4 is 0 Å². The van der Waals surface area contributed by atoms with Crippen LogP contribution >= 0.6 is 11.6 Å². The fourth-order valence-corrected chi connectivity index (χ4v) is 4.01. The summed E-state index contributed by atoms with van der Waals surface area (Å²) in [4.78, 5) is 13.1. The minimum absolute atomic E-state index is 0.0932. The largest absolute Gasteiger partial charge is 0.289 e. The summed E-state index contributed by atoms with van der Waals surface area (Å²) in [6.45, 7) is 0. The SMILES string of the molecule is O=C1c2ccccc2-c2ccc3cc(Cl)cc(-c4ccccc4)c3c21. The van der Waals surface area contributed by atoms with Crippen molar-refractivity contribution >= 4 is 28.2 Å². The lowest BCUT2D eigenvalue weighted by atomic mass is 9.92. The normalized spacial score (nSPS) is 12.3. The number of hydrogen-bond donors (Lipinski definition) is 0. The smallest absolute Gasteiger partial charge is 0.194 e. The summed E-state index contributed by atoms with van der Waals surface area (Å²) in [7, 11) is 0. The molecule has 1 aliphatic rings. The lowest BCUT2D eigenvalue weighted by Gasteiger charge is -2.12. The fourth-order valence-electron chi connectivity index (χ4n) is 3.79. The van der Waals surface area contributed by atoms with Gasteiger partial charge in [0.2, 0.25) is 0 Å². The molecule has 5 rings (SSSR count). The number of ketones is 1. The molecule has 0 fully saturated rings. The van der Waals surface area contributed by atoms with Gasteiger partial charge < -0.3 is 0 Å². The summed E-state index contributed by atoms with van der Waals surface area (Å²) in [6, 6.07) is 25.9. The molecular weight excluding hydrogens is 328 g/mol. The number of halogens is 1. The van der Waals surface area contributed by atoms with E-state index >= 15 is 0 Å². The Bertz CT molecular complexity index is 1160. The number of benzene rings is 4. The first-order chi connectivity index (χ1) is 12.2. The Labute approximate surface area is 150 Å². The van der Waals surface area contributed by atoms with E-state index < -0.39 is 0 Å². The third kappa shape index (κ3) is 2.06. The Morgan fingerprint density at radius 3 is 2.16 bits per heavy atom. The molecule has 1 aliphatic carbocycles. The first-order valence-corrected chi connectivity index (χ1v) is 8.57. The van der Waals surface area contributed by atoms with Crippen molar-refractivity contribution in [3.05, 3.63) is 95.0 Å². The zero-order chi connectivity index (χ0) is 17.0. The average Bonchev–Trinajstić information content (AvgIpc) is 2.94. The third-order valence-corrected chi connectivity index (χ3v) is 5.07. The topological polar surface area (TPSA) is 17.1 Å². The molecule has 0 heterocycles. The fraction of sp³-hybridized carbons (Fsp3) is 0. The molecule has 1 nitrogen and oxygen atoms in total. The molecule has 118 valence electrons. The lowest BCUT2D eigenvalue weighted by molar-refractivity contribution is 0.104. The van der Waals surface area contributed by atoms with Crippen molar-refractivity contribution in [2.75, 3.05) is 0 Å². The van der Waals surface area contributed by atoms with Gasteiger partial charge in [-0.15, -0.1) is 0 Å². The Morgan fingerprint density at radius 2 is 1.36 bits per heavy atom. The van der Waals surface area contributed by atoms with Crippen LogP contribution in [0.25, 0.3) is 33.0 Å². The molecule has 0 aliphatic heterocycles. The second-order valence-corrected chi connectivity index (χ2v) is 6.72. The van der Waals surface area contributed by atoms with Gasteiger partial charge in [-0.25, -0.2) is 0 Å². The van der Waals surface area contributed by atoms with Gasteiger partial charge in [0.15, 0.2) is 5.78 Å². The third-order valence-electron chi connectivity index (χ3n) is 4.86. The number of fused-ring (bicyclic) bond motifs is 5. The monoisotopic (exact) mass is 340 g/mol. The molecular formula is C23H13ClO. The molecule has 2 heteroatoms. The Kier molecular flexibility index (Phi) is 3.06. The Hall–Kier alpha value is -2.90. The van der Waals surface area contributed by atoms with Gasteiger partial charge in [0, 0.05) is 21.5 Å². The minimum Gasteiger partial charge on any atom is -0.289 e. The van der Waals surface area contributed by atoms with Crippen LogP contribution in [0, 0.1) is 0 Å². The van der Waals surface area contributed by atoms with Crippen LogP contribution in [0.3, 0.4) is 0 Å². The van der Waals surface area contributed by atoms with E-state index in [-0.39, 0.29) is 5.78 Å². The standard InChI is InChI=1S/C23H13ClO/c24-16-12-15-10-11-18-17-8-4-5-9-19(17)23(25)22(18)21(15)20(13-16)14-6-2-1-3-7-14/h1-13H. The van der Waals surface area contributed by atoms with Gasteiger partial charge in [-0.1, -0.05) is 78.3 Å². The predicted molar refractivity (Wildman–Crippen MR) is 103 cm³/mol. The maximum atomic E-state index is 13.1. The average molecular weight is 341 g/mol. The molecule has 4 aromatic rings. The summed E-state index contributed by atoms with van der Waals surface area (Å²) in [5, 5.41) is 2.65. The highest BCUT2D eigenvalue weighted by molar-refractivity contribution is 6.34. The van der Waals surface area contributed by atoms with Crippen molar-refractivity contribution < 1.29 is 4.79 Å². The number of carbonyl (C=O) groups excluding carboxylic acids is 1. The number of carbonyl (C=O) groups is 1. The highest BCUT2D eigenvalue weighted by atomic mass is 35.5. The zero-order valence-corrected chi connectivity index (χ0v) is 14.0. The summed E-state index contributed by atoms with van der Waals surface area (Å²) in [5.41, 5.74) is 5.65. The van der Waals surface area contributed by atoms with Crippen LogP contribution in [0.1, 0.15) is 15.9 Å². The summed E-state index contributed by atoms with van der Waals surface area (Å²) in [6.07, 6.45) is 0. The van der Waals surface area contributed by atoms with Gasteiger partial charge in [0.05, 0.1) is 0 Å². The number of rotatable bonds is 1. The van der Waals surface area contributed by atoms with E-state index in [1.807, 2.05) is 60.7 Å². The van der Waals surface area contributed by atoms with Crippen molar-refractivity contribution in [1.29, 1.82) is 0 Å². The summed E-state index contributed by atoms with van der Waals surface area (Å²) >= 11 is 6.37. The van der Waals surface area contributed by atoms with Crippen molar-refractivity contribution in [1.82, 2.24) is 0 Å². The second kappa shape index (κ2) is 5.30. The van der Waals surface area contributed by atoms with Gasteiger partial charge in [0.1, 0.15) is 0 Å². The molecule has 0 atom stereocenters. The lowest BCUT2D eigenvalue weighted by Crippen LogP contribution is -1.97. The maximum absolute atomic E-state index is 13.1. The predicted octanol–water partition coefficient (Wildman–Crippen LogP) is 6.37. The molecule has 0 amide bonds. The maximum Gasteiger partial charge on any atom is 0.194 e. The van der Waals surface area contributed by atoms with Gasteiger partial charge in [-0.3, -0.25) is 4.79 Å². The molecule has 0 unspecified atom stereocenters. The van der Waals surface area contributed by atoms with E-state index in [4.69, 9.17) is 11.6 Å². The van der Waals surface area contributed by atoms with E-state index in [9.17, 15) is 4.79 Å². The van der Waals surface area contributed by atoms with E-state index in [0.29, 0.717) is 5.02 Å². The van der Waals surface area contributed by atoms with Crippen LogP contribution in [0.15, 0.2) is 78.9 Å². The molecule has 0 N–H and O–H groups in total. The first-order valence-electron chi connectivity index (χ1n) is 8.20. The Morgan fingerprint density at radius 1 is 0.640 bits per heavy atom. The molecule has 0 aromatic heterocycles. The van der Waals surface area contributed by atoms with Crippen molar-refractivity contribution in [2.45, 2.75) is 0 Å². The van der Waals surface area contributed by atoms with Gasteiger partial charge in [-0.2, -0.15) is 0 Å². The van der Waals surface area contributed by atoms with Crippen molar-refractivity contribution in [3.8, 4) is 22.3 Å². The van der Waals surface area contributed by atoms with Gasteiger partial charge >= 0.3 is 0 Å². The van der Waals surface area contributed by atoms with Gasteiger partial charge in [-0.05, 0) is 39.8 Å². The van der Waals surface area contributed by atoms with Crippen LogP contribution in [0.4, 0.5) is 0 Å². The second-order valence-electron chi connectivity index (χ2n) is 6.28. The van der Waals surface area contributed by atoms with Crippen molar-refractivity contribution in [3.63, 3.8) is 0 Å². The van der Waals surface area contributed by atoms with Gasteiger partial charge in [0.25, 0.3) is 0 Å².